The number of anilines is 2. The van der Waals surface area contributed by atoms with E-state index in [2.05, 4.69) is 10.3 Å². The minimum Gasteiger partial charge on any atom is -0.324 e. The number of carbonyl (C=O) groups is 2. The fourth-order valence-corrected chi connectivity index (χ4v) is 3.39. The van der Waals surface area contributed by atoms with E-state index in [1.54, 1.807) is 24.4 Å². The Hall–Kier alpha value is -3.87. The molecule has 6 nitrogen and oxygen atoms in total. The highest BCUT2D eigenvalue weighted by Crippen LogP contribution is 2.31. The fourth-order valence-electron chi connectivity index (χ4n) is 3.39. The Balaban J connectivity index is 1.62. The lowest BCUT2D eigenvalue weighted by Gasteiger charge is -2.20. The van der Waals surface area contributed by atoms with Crippen molar-refractivity contribution in [1.82, 2.24) is 4.98 Å². The van der Waals surface area contributed by atoms with Gasteiger partial charge in [0, 0.05) is 11.9 Å². The normalized spacial score (nSPS) is 13.3. The molecule has 3 aromatic rings. The summed E-state index contributed by atoms with van der Waals surface area (Å²) >= 11 is 0. The van der Waals surface area contributed by atoms with Crippen LogP contribution in [0.15, 0.2) is 65.8 Å². The number of fused-ring (bicyclic) bond motifs is 1. The molecule has 0 aliphatic carbocycles. The van der Waals surface area contributed by atoms with Gasteiger partial charge in [0.15, 0.2) is 5.82 Å². The second-order valence-electron chi connectivity index (χ2n) is 7.42. The van der Waals surface area contributed by atoms with E-state index in [0.717, 1.165) is 16.7 Å². The molecular formula is C24H21FN4O2. The average Bonchev–Trinajstić information content (AvgIpc) is 2.87. The summed E-state index contributed by atoms with van der Waals surface area (Å²) in [7, 11) is 0. The molecule has 0 unspecified atom stereocenters. The Bertz CT molecular complexity index is 1210. The summed E-state index contributed by atoms with van der Waals surface area (Å²) in [6.07, 6.45) is 1.59. The molecule has 31 heavy (non-hydrogen) atoms. The van der Waals surface area contributed by atoms with Crippen LogP contribution in [0.5, 0.6) is 0 Å². The summed E-state index contributed by atoms with van der Waals surface area (Å²) in [5.74, 6) is -0.878. The number of aryl methyl sites for hydroxylation is 2. The first kappa shape index (κ1) is 20.4. The van der Waals surface area contributed by atoms with Crippen molar-refractivity contribution >= 4 is 34.7 Å². The number of nitrogens with one attached hydrogen (secondary N) is 1. The second kappa shape index (κ2) is 8.47. The number of rotatable bonds is 4. The van der Waals surface area contributed by atoms with Gasteiger partial charge in [-0.05, 0) is 66.9 Å². The van der Waals surface area contributed by atoms with Crippen molar-refractivity contribution in [2.75, 3.05) is 16.8 Å². The number of aromatic nitrogens is 1. The van der Waals surface area contributed by atoms with Crippen molar-refractivity contribution in [2.45, 2.75) is 20.3 Å². The maximum absolute atomic E-state index is 13.4. The van der Waals surface area contributed by atoms with Crippen LogP contribution in [-0.4, -0.2) is 29.1 Å². The largest absolute Gasteiger partial charge is 0.324 e. The van der Waals surface area contributed by atoms with E-state index in [9.17, 15) is 14.0 Å². The first-order valence-corrected chi connectivity index (χ1v) is 9.87. The minimum atomic E-state index is -0.456. The first-order valence-electron chi connectivity index (χ1n) is 9.87. The number of hydrogen-bond acceptors (Lipinski definition) is 4. The van der Waals surface area contributed by atoms with Gasteiger partial charge in [0.1, 0.15) is 18.0 Å². The van der Waals surface area contributed by atoms with Crippen LogP contribution in [0.25, 0.3) is 0 Å². The van der Waals surface area contributed by atoms with Gasteiger partial charge in [0.05, 0.1) is 12.1 Å². The van der Waals surface area contributed by atoms with Crippen molar-refractivity contribution in [2.24, 2.45) is 4.99 Å². The van der Waals surface area contributed by atoms with Crippen LogP contribution in [0.1, 0.15) is 23.1 Å². The van der Waals surface area contributed by atoms with E-state index in [-0.39, 0.29) is 18.9 Å². The summed E-state index contributed by atoms with van der Waals surface area (Å²) in [4.78, 5) is 36.0. The van der Waals surface area contributed by atoms with Crippen LogP contribution >= 0.6 is 0 Å². The van der Waals surface area contributed by atoms with Gasteiger partial charge < -0.3 is 5.32 Å². The van der Waals surface area contributed by atoms with Crippen LogP contribution in [0, 0.1) is 19.7 Å². The predicted molar refractivity (Wildman–Crippen MR) is 118 cm³/mol. The molecule has 0 spiro atoms. The highest BCUT2D eigenvalue weighted by atomic mass is 19.1. The minimum absolute atomic E-state index is 0.0338. The second-order valence-corrected chi connectivity index (χ2v) is 7.42. The van der Waals surface area contributed by atoms with Crippen molar-refractivity contribution in [1.29, 1.82) is 0 Å². The zero-order valence-electron chi connectivity index (χ0n) is 17.2. The predicted octanol–water partition coefficient (Wildman–Crippen LogP) is 4.33. The summed E-state index contributed by atoms with van der Waals surface area (Å²) in [6.45, 7) is 3.78. The smallest absolute Gasteiger partial charge is 0.244 e. The SMILES string of the molecule is Cc1ccc(C2=Nc3cccnc3N(CC(=O)Nc3cccc(F)c3)C(=O)C2)cc1C. The van der Waals surface area contributed by atoms with E-state index in [4.69, 9.17) is 4.99 Å². The third kappa shape index (κ3) is 4.50. The van der Waals surface area contributed by atoms with E-state index < -0.39 is 11.7 Å². The van der Waals surface area contributed by atoms with E-state index in [0.29, 0.717) is 22.9 Å². The molecule has 1 aliphatic heterocycles. The maximum Gasteiger partial charge on any atom is 0.244 e. The fraction of sp³-hybridized carbons (Fsp3) is 0.167. The third-order valence-corrected chi connectivity index (χ3v) is 5.15. The Kier molecular flexibility index (Phi) is 5.58. The van der Waals surface area contributed by atoms with Gasteiger partial charge in [-0.1, -0.05) is 18.2 Å². The topological polar surface area (TPSA) is 74.7 Å². The van der Waals surface area contributed by atoms with E-state index >= 15 is 0 Å². The molecule has 1 aromatic heterocycles. The van der Waals surface area contributed by atoms with Crippen molar-refractivity contribution in [3.63, 3.8) is 0 Å². The lowest BCUT2D eigenvalue weighted by atomic mass is 10.0. The van der Waals surface area contributed by atoms with Crippen molar-refractivity contribution in [3.05, 3.63) is 83.3 Å². The Labute approximate surface area is 179 Å². The summed E-state index contributed by atoms with van der Waals surface area (Å²) in [6, 6.07) is 15.0. The molecule has 0 bridgehead atoms. The number of pyridine rings is 1. The monoisotopic (exact) mass is 416 g/mol. The van der Waals surface area contributed by atoms with Gasteiger partial charge in [-0.15, -0.1) is 0 Å². The molecule has 0 atom stereocenters. The average molecular weight is 416 g/mol. The van der Waals surface area contributed by atoms with Gasteiger partial charge in [0.25, 0.3) is 0 Å². The molecule has 2 aromatic carbocycles. The van der Waals surface area contributed by atoms with E-state index in [1.165, 1.54) is 23.1 Å². The van der Waals surface area contributed by atoms with Crippen LogP contribution in [0.3, 0.4) is 0 Å². The molecule has 1 N–H and O–H groups in total. The Morgan fingerprint density at radius 1 is 1.10 bits per heavy atom. The molecule has 2 heterocycles. The number of amides is 2. The molecule has 4 rings (SSSR count). The maximum atomic E-state index is 13.4. The zero-order valence-corrected chi connectivity index (χ0v) is 17.2. The Morgan fingerprint density at radius 3 is 2.71 bits per heavy atom. The van der Waals surface area contributed by atoms with Gasteiger partial charge in [-0.25, -0.2) is 14.4 Å². The number of halogens is 1. The van der Waals surface area contributed by atoms with E-state index in [1.807, 2.05) is 32.0 Å². The molecule has 0 saturated heterocycles. The molecular weight excluding hydrogens is 395 g/mol. The van der Waals surface area contributed by atoms with Gasteiger partial charge in [-0.2, -0.15) is 0 Å². The lowest BCUT2D eigenvalue weighted by molar-refractivity contribution is -0.120. The number of carbonyl (C=O) groups excluding carboxylic acids is 2. The first-order chi connectivity index (χ1) is 14.9. The molecule has 0 fully saturated rings. The van der Waals surface area contributed by atoms with Crippen molar-refractivity contribution in [3.8, 4) is 0 Å². The molecule has 2 amide bonds. The highest BCUT2D eigenvalue weighted by molar-refractivity contribution is 6.18. The zero-order chi connectivity index (χ0) is 22.0. The van der Waals surface area contributed by atoms with Gasteiger partial charge >= 0.3 is 0 Å². The molecule has 156 valence electrons. The quantitative estimate of drug-likeness (QED) is 0.688. The Morgan fingerprint density at radius 2 is 1.94 bits per heavy atom. The van der Waals surface area contributed by atoms with Crippen LogP contribution < -0.4 is 10.2 Å². The summed E-state index contributed by atoms with van der Waals surface area (Å²) in [5.41, 5.74) is 4.57. The molecule has 0 saturated carbocycles. The lowest BCUT2D eigenvalue weighted by Crippen LogP contribution is -2.39. The highest BCUT2D eigenvalue weighted by Gasteiger charge is 2.27. The van der Waals surface area contributed by atoms with Crippen LogP contribution in [0.4, 0.5) is 21.6 Å². The van der Waals surface area contributed by atoms with Gasteiger partial charge in [-0.3, -0.25) is 14.5 Å². The van der Waals surface area contributed by atoms with Crippen LogP contribution in [0.2, 0.25) is 0 Å². The molecule has 1 aliphatic rings. The standard InChI is InChI=1S/C24H21FN4O2/c1-15-8-9-17(11-16(15)2)21-13-23(31)29(24-20(28-21)7-4-10-26-24)14-22(30)27-19-6-3-5-18(25)12-19/h3-12H,13-14H2,1-2H3,(H,27,30). The third-order valence-electron chi connectivity index (χ3n) is 5.15. The number of nitrogens with zero attached hydrogens (tertiary/aromatic N) is 3. The number of aliphatic imine (C=N–C) groups is 1. The molecule has 0 radical (unpaired) electrons. The summed E-state index contributed by atoms with van der Waals surface area (Å²) in [5, 5.41) is 2.62. The van der Waals surface area contributed by atoms with Gasteiger partial charge in [0.2, 0.25) is 11.8 Å². The number of hydrogen-bond donors (Lipinski definition) is 1. The summed E-state index contributed by atoms with van der Waals surface area (Å²) < 4.78 is 13.4. The number of benzene rings is 2. The molecule has 7 heteroatoms. The van der Waals surface area contributed by atoms with Crippen LogP contribution in [-0.2, 0) is 9.59 Å². The van der Waals surface area contributed by atoms with Crippen molar-refractivity contribution < 1.29 is 14.0 Å².